The standard InChI is InChI=1S/C16H20N2O2S/c1-11(2)13-10-21-16(17-13)18-15(19)9-8-12-6-4-5-7-14(12)20-3/h4-7,10-11H,8-9H2,1-3H3,(H,17,18,19). The molecule has 1 aromatic heterocycles. The molecule has 0 unspecified atom stereocenters. The second-order valence-electron chi connectivity index (χ2n) is 5.09. The average Bonchev–Trinajstić information content (AvgIpc) is 2.94. The summed E-state index contributed by atoms with van der Waals surface area (Å²) in [5, 5.41) is 5.51. The van der Waals surface area contributed by atoms with Crippen molar-refractivity contribution in [3.63, 3.8) is 0 Å². The lowest BCUT2D eigenvalue weighted by atomic mass is 10.1. The van der Waals surface area contributed by atoms with Crippen molar-refractivity contribution in [1.82, 2.24) is 4.98 Å². The van der Waals surface area contributed by atoms with Crippen molar-refractivity contribution in [2.24, 2.45) is 0 Å². The molecule has 0 saturated carbocycles. The quantitative estimate of drug-likeness (QED) is 0.882. The van der Waals surface area contributed by atoms with E-state index >= 15 is 0 Å². The molecule has 112 valence electrons. The van der Waals surface area contributed by atoms with Crippen molar-refractivity contribution < 1.29 is 9.53 Å². The molecular formula is C16H20N2O2S. The highest BCUT2D eigenvalue weighted by Gasteiger charge is 2.10. The summed E-state index contributed by atoms with van der Waals surface area (Å²) in [5.41, 5.74) is 2.05. The van der Waals surface area contributed by atoms with Gasteiger partial charge >= 0.3 is 0 Å². The molecule has 0 aliphatic heterocycles. The molecule has 1 amide bonds. The average molecular weight is 304 g/mol. The number of hydrogen-bond acceptors (Lipinski definition) is 4. The molecule has 1 aromatic carbocycles. The number of anilines is 1. The van der Waals surface area contributed by atoms with E-state index in [4.69, 9.17) is 4.74 Å². The van der Waals surface area contributed by atoms with Gasteiger partial charge in [-0.15, -0.1) is 11.3 Å². The SMILES string of the molecule is COc1ccccc1CCC(=O)Nc1nc(C(C)C)cs1. The summed E-state index contributed by atoms with van der Waals surface area (Å²) in [7, 11) is 1.64. The molecule has 21 heavy (non-hydrogen) atoms. The van der Waals surface area contributed by atoms with Crippen LogP contribution in [0.15, 0.2) is 29.6 Å². The Bertz CT molecular complexity index is 608. The molecule has 5 heteroatoms. The van der Waals surface area contributed by atoms with E-state index in [1.807, 2.05) is 29.6 Å². The smallest absolute Gasteiger partial charge is 0.226 e. The molecule has 0 atom stereocenters. The third-order valence-electron chi connectivity index (χ3n) is 3.17. The Hall–Kier alpha value is -1.88. The van der Waals surface area contributed by atoms with Crippen molar-refractivity contribution in [2.75, 3.05) is 12.4 Å². The van der Waals surface area contributed by atoms with Gasteiger partial charge in [0.2, 0.25) is 5.91 Å². The first-order valence-corrected chi connectivity index (χ1v) is 7.85. The number of aromatic nitrogens is 1. The van der Waals surface area contributed by atoms with Crippen LogP contribution in [0.2, 0.25) is 0 Å². The minimum atomic E-state index is -0.0226. The highest BCUT2D eigenvalue weighted by molar-refractivity contribution is 7.13. The summed E-state index contributed by atoms with van der Waals surface area (Å²) >= 11 is 1.47. The van der Waals surface area contributed by atoms with E-state index < -0.39 is 0 Å². The molecule has 0 aliphatic carbocycles. The van der Waals surface area contributed by atoms with Crippen molar-refractivity contribution >= 4 is 22.4 Å². The van der Waals surface area contributed by atoms with E-state index in [1.165, 1.54) is 11.3 Å². The highest BCUT2D eigenvalue weighted by atomic mass is 32.1. The zero-order valence-electron chi connectivity index (χ0n) is 12.6. The Morgan fingerprint density at radius 1 is 1.38 bits per heavy atom. The lowest BCUT2D eigenvalue weighted by Gasteiger charge is -2.07. The number of nitrogens with one attached hydrogen (secondary N) is 1. The van der Waals surface area contributed by atoms with Crippen LogP contribution in [0.25, 0.3) is 0 Å². The normalized spacial score (nSPS) is 10.7. The van der Waals surface area contributed by atoms with Gasteiger partial charge in [0.05, 0.1) is 12.8 Å². The second-order valence-corrected chi connectivity index (χ2v) is 5.95. The minimum absolute atomic E-state index is 0.0226. The first kappa shape index (κ1) is 15.5. The number of benzene rings is 1. The number of amides is 1. The lowest BCUT2D eigenvalue weighted by molar-refractivity contribution is -0.116. The number of nitrogens with zero attached hydrogens (tertiary/aromatic N) is 1. The van der Waals surface area contributed by atoms with Crippen LogP contribution < -0.4 is 10.1 Å². The predicted molar refractivity (Wildman–Crippen MR) is 86.1 cm³/mol. The topological polar surface area (TPSA) is 51.2 Å². The Balaban J connectivity index is 1.89. The number of para-hydroxylation sites is 1. The Morgan fingerprint density at radius 2 is 2.14 bits per heavy atom. The number of methoxy groups -OCH3 is 1. The van der Waals surface area contributed by atoms with E-state index in [-0.39, 0.29) is 5.91 Å². The van der Waals surface area contributed by atoms with Gasteiger partial charge in [-0.3, -0.25) is 4.79 Å². The number of rotatable bonds is 6. The van der Waals surface area contributed by atoms with E-state index in [2.05, 4.69) is 24.1 Å². The minimum Gasteiger partial charge on any atom is -0.496 e. The van der Waals surface area contributed by atoms with E-state index in [9.17, 15) is 4.79 Å². The molecular weight excluding hydrogens is 284 g/mol. The van der Waals surface area contributed by atoms with E-state index in [0.29, 0.717) is 23.9 Å². The third kappa shape index (κ3) is 4.29. The molecule has 0 bridgehead atoms. The van der Waals surface area contributed by atoms with Gasteiger partial charge in [-0.05, 0) is 24.0 Å². The Labute approximate surface area is 129 Å². The van der Waals surface area contributed by atoms with Crippen LogP contribution in [0.4, 0.5) is 5.13 Å². The summed E-state index contributed by atoms with van der Waals surface area (Å²) in [4.78, 5) is 16.4. The molecule has 0 saturated heterocycles. The molecule has 2 aromatic rings. The van der Waals surface area contributed by atoms with Gasteiger partial charge in [-0.1, -0.05) is 32.0 Å². The summed E-state index contributed by atoms with van der Waals surface area (Å²) < 4.78 is 5.28. The van der Waals surface area contributed by atoms with Gasteiger partial charge in [-0.2, -0.15) is 0 Å². The van der Waals surface area contributed by atoms with E-state index in [0.717, 1.165) is 17.0 Å². The largest absolute Gasteiger partial charge is 0.496 e. The zero-order valence-corrected chi connectivity index (χ0v) is 13.4. The third-order valence-corrected chi connectivity index (χ3v) is 3.95. The molecule has 0 radical (unpaired) electrons. The Kier molecular flexibility index (Phi) is 5.33. The summed E-state index contributed by atoms with van der Waals surface area (Å²) in [6.07, 6.45) is 1.06. The summed E-state index contributed by atoms with van der Waals surface area (Å²) in [6, 6.07) is 7.76. The fourth-order valence-corrected chi connectivity index (χ4v) is 2.84. The number of carbonyl (C=O) groups is 1. The van der Waals surface area contributed by atoms with Crippen LogP contribution in [0.1, 0.15) is 37.4 Å². The van der Waals surface area contributed by atoms with Gasteiger partial charge in [-0.25, -0.2) is 4.98 Å². The van der Waals surface area contributed by atoms with Crippen molar-refractivity contribution in [3.05, 3.63) is 40.9 Å². The van der Waals surface area contributed by atoms with Crippen LogP contribution >= 0.6 is 11.3 Å². The van der Waals surface area contributed by atoms with Crippen molar-refractivity contribution in [2.45, 2.75) is 32.6 Å². The van der Waals surface area contributed by atoms with Gasteiger partial charge in [0, 0.05) is 11.8 Å². The summed E-state index contributed by atoms with van der Waals surface area (Å²) in [5.74, 6) is 1.17. The second kappa shape index (κ2) is 7.22. The number of carbonyl (C=O) groups excluding carboxylic acids is 1. The number of hydrogen-bond donors (Lipinski definition) is 1. The lowest BCUT2D eigenvalue weighted by Crippen LogP contribution is -2.12. The van der Waals surface area contributed by atoms with Gasteiger partial charge in [0.25, 0.3) is 0 Å². The highest BCUT2D eigenvalue weighted by Crippen LogP contribution is 2.22. The maximum Gasteiger partial charge on any atom is 0.226 e. The van der Waals surface area contributed by atoms with Crippen LogP contribution in [0.3, 0.4) is 0 Å². The number of aryl methyl sites for hydroxylation is 1. The van der Waals surface area contributed by atoms with Crippen LogP contribution in [-0.2, 0) is 11.2 Å². The molecule has 0 spiro atoms. The maximum atomic E-state index is 12.0. The van der Waals surface area contributed by atoms with Gasteiger partial charge < -0.3 is 10.1 Å². The van der Waals surface area contributed by atoms with Crippen molar-refractivity contribution in [1.29, 1.82) is 0 Å². The van der Waals surface area contributed by atoms with Gasteiger partial charge in [0.1, 0.15) is 5.75 Å². The Morgan fingerprint density at radius 3 is 2.81 bits per heavy atom. The first-order chi connectivity index (χ1) is 10.1. The first-order valence-electron chi connectivity index (χ1n) is 6.97. The molecule has 1 N–H and O–H groups in total. The predicted octanol–water partition coefficient (Wildman–Crippen LogP) is 3.85. The molecule has 0 fully saturated rings. The molecule has 4 nitrogen and oxygen atoms in total. The molecule has 2 rings (SSSR count). The van der Waals surface area contributed by atoms with Crippen LogP contribution in [0.5, 0.6) is 5.75 Å². The number of thiazole rings is 1. The van der Waals surface area contributed by atoms with Gasteiger partial charge in [0.15, 0.2) is 5.13 Å². The maximum absolute atomic E-state index is 12.0. The monoisotopic (exact) mass is 304 g/mol. The van der Waals surface area contributed by atoms with Crippen molar-refractivity contribution in [3.8, 4) is 5.75 Å². The molecule has 0 aliphatic rings. The van der Waals surface area contributed by atoms with Crippen LogP contribution in [-0.4, -0.2) is 18.0 Å². The van der Waals surface area contributed by atoms with Crippen LogP contribution in [0, 0.1) is 0 Å². The zero-order chi connectivity index (χ0) is 15.2. The fraction of sp³-hybridized carbons (Fsp3) is 0.375. The summed E-state index contributed by atoms with van der Waals surface area (Å²) in [6.45, 7) is 4.17. The fourth-order valence-electron chi connectivity index (χ4n) is 1.95. The molecule has 1 heterocycles. The number of ether oxygens (including phenoxy) is 1. The van der Waals surface area contributed by atoms with E-state index in [1.54, 1.807) is 7.11 Å².